The summed E-state index contributed by atoms with van der Waals surface area (Å²) in [7, 11) is 0. The fraction of sp³-hybridized carbons (Fsp3) is 0.290. The van der Waals surface area contributed by atoms with Gasteiger partial charge in [0.05, 0.1) is 28.7 Å². The monoisotopic (exact) mass is 495 g/mol. The lowest BCUT2D eigenvalue weighted by atomic mass is 9.95. The normalized spacial score (nSPS) is 14.2. The van der Waals surface area contributed by atoms with Gasteiger partial charge in [0.25, 0.3) is 0 Å². The largest absolute Gasteiger partial charge is 0.508 e. The Bertz CT molecular complexity index is 1370. The van der Waals surface area contributed by atoms with Gasteiger partial charge in [-0.05, 0) is 61.6 Å². The fourth-order valence-corrected chi connectivity index (χ4v) is 4.80. The number of aromatic nitrogens is 2. The van der Waals surface area contributed by atoms with E-state index in [9.17, 15) is 5.11 Å². The van der Waals surface area contributed by atoms with E-state index in [1.54, 1.807) is 24.4 Å². The van der Waals surface area contributed by atoms with Crippen molar-refractivity contribution in [2.45, 2.75) is 58.4 Å². The molecule has 0 radical (unpaired) electrons. The zero-order valence-corrected chi connectivity index (χ0v) is 21.8. The predicted octanol–water partition coefficient (Wildman–Crippen LogP) is 7.24. The van der Waals surface area contributed by atoms with E-state index in [1.807, 2.05) is 42.6 Å². The minimum Gasteiger partial charge on any atom is -0.508 e. The minimum atomic E-state index is 0.235. The average molecular weight is 496 g/mol. The lowest BCUT2D eigenvalue weighted by Gasteiger charge is -2.25. The van der Waals surface area contributed by atoms with Crippen molar-refractivity contribution in [2.75, 3.05) is 5.32 Å². The molecule has 2 aromatic heterocycles. The molecule has 2 heterocycles. The number of nitrogens with zero attached hydrogens (tertiary/aromatic N) is 3. The first-order valence-electron chi connectivity index (χ1n) is 13.1. The SMILES string of the molecule is C=CC.CCc1cc(O)ccc1N=C(N)c1cnn2cc(-c3ccccc3)cc2c1NC1CCCCC1. The molecule has 4 N–H and O–H groups in total. The molecular formula is C31H37N5O. The zero-order chi connectivity index (χ0) is 26.2. The van der Waals surface area contributed by atoms with Gasteiger partial charge in [-0.15, -0.1) is 6.58 Å². The third-order valence-electron chi connectivity index (χ3n) is 6.66. The van der Waals surface area contributed by atoms with Crippen LogP contribution >= 0.6 is 0 Å². The van der Waals surface area contributed by atoms with E-state index >= 15 is 0 Å². The topological polar surface area (TPSA) is 87.9 Å². The van der Waals surface area contributed by atoms with Gasteiger partial charge in [-0.1, -0.05) is 62.6 Å². The van der Waals surface area contributed by atoms with Crippen LogP contribution in [0.2, 0.25) is 0 Å². The molecule has 5 rings (SSSR count). The number of fused-ring (bicyclic) bond motifs is 1. The van der Waals surface area contributed by atoms with Gasteiger partial charge >= 0.3 is 0 Å². The van der Waals surface area contributed by atoms with Crippen LogP contribution in [0.15, 0.2) is 84.6 Å². The van der Waals surface area contributed by atoms with Crippen LogP contribution < -0.4 is 11.1 Å². The van der Waals surface area contributed by atoms with E-state index in [0.717, 1.165) is 58.4 Å². The van der Waals surface area contributed by atoms with Gasteiger partial charge in [0.2, 0.25) is 0 Å². The number of aromatic hydroxyl groups is 1. The molecule has 1 fully saturated rings. The number of hydrogen-bond donors (Lipinski definition) is 3. The highest BCUT2D eigenvalue weighted by atomic mass is 16.3. The highest BCUT2D eigenvalue weighted by molar-refractivity contribution is 6.06. The summed E-state index contributed by atoms with van der Waals surface area (Å²) in [5, 5.41) is 18.3. The van der Waals surface area contributed by atoms with Crippen LogP contribution in [0.3, 0.4) is 0 Å². The molecular weight excluding hydrogens is 458 g/mol. The number of anilines is 1. The number of rotatable bonds is 6. The molecule has 0 saturated heterocycles. The Morgan fingerprint density at radius 1 is 1.14 bits per heavy atom. The summed E-state index contributed by atoms with van der Waals surface area (Å²) in [6.07, 6.45) is 12.4. The maximum Gasteiger partial charge on any atom is 0.135 e. The number of benzene rings is 2. The average Bonchev–Trinajstić information content (AvgIpc) is 3.36. The molecule has 0 bridgehead atoms. The highest BCUT2D eigenvalue weighted by Gasteiger charge is 2.20. The summed E-state index contributed by atoms with van der Waals surface area (Å²) in [4.78, 5) is 4.76. The fourth-order valence-electron chi connectivity index (χ4n) is 4.80. The molecule has 0 unspecified atom stereocenters. The van der Waals surface area contributed by atoms with Crippen molar-refractivity contribution >= 4 is 22.7 Å². The molecule has 0 atom stereocenters. The molecule has 0 amide bonds. The van der Waals surface area contributed by atoms with Crippen molar-refractivity contribution in [3.05, 3.63) is 90.8 Å². The minimum absolute atomic E-state index is 0.235. The summed E-state index contributed by atoms with van der Waals surface area (Å²) >= 11 is 0. The van der Waals surface area contributed by atoms with Crippen LogP contribution in [0.25, 0.3) is 16.6 Å². The molecule has 0 spiro atoms. The third-order valence-corrected chi connectivity index (χ3v) is 6.66. The van der Waals surface area contributed by atoms with Crippen LogP contribution in [0.1, 0.15) is 57.1 Å². The zero-order valence-electron chi connectivity index (χ0n) is 21.8. The van der Waals surface area contributed by atoms with E-state index in [2.05, 4.69) is 41.4 Å². The molecule has 37 heavy (non-hydrogen) atoms. The number of phenolic OH excluding ortho intramolecular Hbond substituents is 1. The molecule has 2 aromatic carbocycles. The van der Waals surface area contributed by atoms with Crippen molar-refractivity contribution in [1.82, 2.24) is 9.61 Å². The van der Waals surface area contributed by atoms with Crippen molar-refractivity contribution in [2.24, 2.45) is 10.7 Å². The number of hydrogen-bond acceptors (Lipinski definition) is 4. The smallest absolute Gasteiger partial charge is 0.135 e. The third kappa shape index (κ3) is 6.20. The second kappa shape index (κ2) is 12.3. The van der Waals surface area contributed by atoms with Crippen LogP contribution in [-0.4, -0.2) is 26.6 Å². The first kappa shape index (κ1) is 26.0. The first-order chi connectivity index (χ1) is 18.0. The van der Waals surface area contributed by atoms with Crippen molar-refractivity contribution in [1.29, 1.82) is 0 Å². The van der Waals surface area contributed by atoms with Gasteiger partial charge in [-0.2, -0.15) is 5.10 Å². The Morgan fingerprint density at radius 3 is 2.57 bits per heavy atom. The molecule has 0 aliphatic heterocycles. The van der Waals surface area contributed by atoms with E-state index in [0.29, 0.717) is 11.9 Å². The molecule has 1 aliphatic carbocycles. The number of nitrogens with two attached hydrogens (primary N) is 1. The van der Waals surface area contributed by atoms with Gasteiger partial charge in [0, 0.05) is 17.8 Å². The van der Waals surface area contributed by atoms with Gasteiger partial charge in [0.1, 0.15) is 11.6 Å². The number of amidine groups is 1. The van der Waals surface area contributed by atoms with Gasteiger partial charge in [0.15, 0.2) is 0 Å². The molecule has 6 heteroatoms. The van der Waals surface area contributed by atoms with Crippen molar-refractivity contribution < 1.29 is 5.11 Å². The number of allylic oxidation sites excluding steroid dienone is 1. The van der Waals surface area contributed by atoms with Gasteiger partial charge < -0.3 is 16.2 Å². The molecule has 192 valence electrons. The highest BCUT2D eigenvalue weighted by Crippen LogP contribution is 2.32. The van der Waals surface area contributed by atoms with E-state index < -0.39 is 0 Å². The summed E-state index contributed by atoms with van der Waals surface area (Å²) < 4.78 is 1.92. The quantitative estimate of drug-likeness (QED) is 0.149. The second-order valence-corrected chi connectivity index (χ2v) is 9.41. The molecule has 4 aromatic rings. The Morgan fingerprint density at radius 2 is 1.86 bits per heavy atom. The van der Waals surface area contributed by atoms with E-state index in [1.165, 1.54) is 19.3 Å². The van der Waals surface area contributed by atoms with Crippen molar-refractivity contribution in [3.8, 4) is 16.9 Å². The lowest BCUT2D eigenvalue weighted by Crippen LogP contribution is -2.25. The molecule has 6 nitrogen and oxygen atoms in total. The number of aryl methyl sites for hydroxylation is 1. The molecule has 1 aliphatic rings. The summed E-state index contributed by atoms with van der Waals surface area (Å²) in [6, 6.07) is 18.1. The Kier molecular flexibility index (Phi) is 8.62. The number of phenols is 1. The maximum absolute atomic E-state index is 9.86. The van der Waals surface area contributed by atoms with Gasteiger partial charge in [-0.25, -0.2) is 9.51 Å². The lowest BCUT2D eigenvalue weighted by molar-refractivity contribution is 0.463. The standard InChI is InChI=1S/C28H31N5O.C3H6/c1-2-19-15-23(34)13-14-25(19)32-28(29)24-17-30-33-18-21(20-9-5-3-6-10-20)16-26(33)27(24)31-22-11-7-4-8-12-22;1-3-2/h3,5-6,9-10,13-18,22,31,34H,2,4,7-8,11-12H2,1H3,(H2,29,32);3H,1H2,2H3. The summed E-state index contributed by atoms with van der Waals surface area (Å²) in [5.41, 5.74) is 13.3. The Hall–Kier alpha value is -4.06. The van der Waals surface area contributed by atoms with E-state index in [-0.39, 0.29) is 5.75 Å². The first-order valence-corrected chi connectivity index (χ1v) is 13.1. The van der Waals surface area contributed by atoms with Crippen LogP contribution in [0.4, 0.5) is 11.4 Å². The predicted molar refractivity (Wildman–Crippen MR) is 155 cm³/mol. The van der Waals surface area contributed by atoms with Crippen LogP contribution in [0, 0.1) is 0 Å². The Balaban J connectivity index is 0.00000102. The number of aliphatic imine (C=N–C) groups is 1. The Labute approximate surface area is 219 Å². The maximum atomic E-state index is 9.86. The summed E-state index contributed by atoms with van der Waals surface area (Å²) in [5.74, 6) is 0.648. The van der Waals surface area contributed by atoms with Gasteiger partial charge in [-0.3, -0.25) is 0 Å². The number of nitrogens with one attached hydrogen (secondary N) is 1. The van der Waals surface area contributed by atoms with Crippen LogP contribution in [-0.2, 0) is 6.42 Å². The van der Waals surface area contributed by atoms with Crippen LogP contribution in [0.5, 0.6) is 5.75 Å². The van der Waals surface area contributed by atoms with E-state index in [4.69, 9.17) is 10.7 Å². The molecule has 1 saturated carbocycles. The summed E-state index contributed by atoms with van der Waals surface area (Å²) in [6.45, 7) is 7.29. The van der Waals surface area contributed by atoms with Crippen molar-refractivity contribution in [3.63, 3.8) is 0 Å². The second-order valence-electron chi connectivity index (χ2n) is 9.41.